The number of aromatic amines is 1. The van der Waals surface area contributed by atoms with Crippen molar-refractivity contribution in [1.82, 2.24) is 34.1 Å². The van der Waals surface area contributed by atoms with Gasteiger partial charge in [0, 0.05) is 25.1 Å². The Morgan fingerprint density at radius 2 is 2.06 bits per heavy atom. The van der Waals surface area contributed by atoms with Crippen molar-refractivity contribution in [2.75, 3.05) is 17.7 Å². The normalized spacial score (nSPS) is 20.6. The highest BCUT2D eigenvalue weighted by Crippen LogP contribution is 2.35. The molecular formula is C21H21N9O4. The fourth-order valence-electron chi connectivity index (χ4n) is 4.42. The number of aromatic nitrogens is 7. The van der Waals surface area contributed by atoms with Gasteiger partial charge >= 0.3 is 0 Å². The molecule has 174 valence electrons. The van der Waals surface area contributed by atoms with E-state index in [0.717, 1.165) is 21.9 Å². The summed E-state index contributed by atoms with van der Waals surface area (Å²) in [6.07, 6.45) is -0.519. The van der Waals surface area contributed by atoms with Crippen molar-refractivity contribution < 1.29 is 14.9 Å². The van der Waals surface area contributed by atoms with E-state index in [2.05, 4.69) is 25.3 Å². The summed E-state index contributed by atoms with van der Waals surface area (Å²) in [4.78, 5) is 32.8. The predicted octanol–water partition coefficient (Wildman–Crippen LogP) is 0.521. The van der Waals surface area contributed by atoms with Gasteiger partial charge in [0.1, 0.15) is 17.8 Å². The van der Waals surface area contributed by atoms with Gasteiger partial charge in [0.2, 0.25) is 17.8 Å². The number of hydrogen-bond donors (Lipinski definition) is 5. The topological polar surface area (TPSA) is 182 Å². The average Bonchev–Trinajstić information content (AvgIpc) is 3.47. The van der Waals surface area contributed by atoms with Crippen molar-refractivity contribution in [3.8, 4) is 0 Å². The number of anilines is 3. The second-order valence-corrected chi connectivity index (χ2v) is 8.17. The molecule has 13 nitrogen and oxygen atoms in total. The highest BCUT2D eigenvalue weighted by atomic mass is 16.5. The Kier molecular flexibility index (Phi) is 4.52. The number of aryl methyl sites for hydroxylation is 1. The quantitative estimate of drug-likeness (QED) is 0.252. The Bertz CT molecular complexity index is 1620. The number of aliphatic hydroxyl groups excluding tert-OH is 2. The Morgan fingerprint density at radius 3 is 2.85 bits per heavy atom. The summed E-state index contributed by atoms with van der Waals surface area (Å²) in [5.41, 5.74) is 7.96. The first-order chi connectivity index (χ1) is 16.4. The minimum absolute atomic E-state index is 0.0515. The Balaban J connectivity index is 1.52. The van der Waals surface area contributed by atoms with Crippen molar-refractivity contribution in [1.29, 1.82) is 0 Å². The number of nitrogen functional groups attached to an aromatic ring is 1. The summed E-state index contributed by atoms with van der Waals surface area (Å²) < 4.78 is 9.25. The van der Waals surface area contributed by atoms with Gasteiger partial charge in [-0.25, -0.2) is 9.97 Å². The zero-order chi connectivity index (χ0) is 23.6. The SMILES string of the molecule is Cn1c(Nc2nc3c(=O)[nH]c(N)nc3n2[C@H]2C[C@H](O)[C@@H](CO)O2)nc2c3cccnc3ccc21. The fourth-order valence-corrected chi connectivity index (χ4v) is 4.42. The number of rotatable bonds is 4. The molecule has 13 heteroatoms. The molecule has 1 fully saturated rings. The summed E-state index contributed by atoms with van der Waals surface area (Å²) in [5.74, 6) is 0.615. The Morgan fingerprint density at radius 1 is 1.24 bits per heavy atom. The molecular weight excluding hydrogens is 442 g/mol. The number of benzene rings is 1. The van der Waals surface area contributed by atoms with Gasteiger partial charge in [0.15, 0.2) is 11.2 Å². The Hall–Kier alpha value is -4.07. The molecule has 0 saturated carbocycles. The van der Waals surface area contributed by atoms with Gasteiger partial charge in [-0.3, -0.25) is 24.6 Å². The maximum atomic E-state index is 12.5. The Labute approximate surface area is 190 Å². The summed E-state index contributed by atoms with van der Waals surface area (Å²) >= 11 is 0. The van der Waals surface area contributed by atoms with Gasteiger partial charge in [-0.1, -0.05) is 0 Å². The van der Waals surface area contributed by atoms with Crippen LogP contribution in [0.15, 0.2) is 35.3 Å². The van der Waals surface area contributed by atoms with Gasteiger partial charge in [0.25, 0.3) is 5.56 Å². The molecule has 1 aromatic carbocycles. The lowest BCUT2D eigenvalue weighted by molar-refractivity contribution is -0.0425. The molecule has 4 aromatic heterocycles. The van der Waals surface area contributed by atoms with Gasteiger partial charge in [-0.2, -0.15) is 4.98 Å². The molecule has 6 rings (SSSR count). The molecule has 3 atom stereocenters. The van der Waals surface area contributed by atoms with Crippen LogP contribution in [-0.4, -0.2) is 63.1 Å². The maximum Gasteiger partial charge on any atom is 0.280 e. The van der Waals surface area contributed by atoms with E-state index >= 15 is 0 Å². The lowest BCUT2D eigenvalue weighted by atomic mass is 10.2. The zero-order valence-electron chi connectivity index (χ0n) is 18.0. The van der Waals surface area contributed by atoms with E-state index in [1.165, 1.54) is 0 Å². The summed E-state index contributed by atoms with van der Waals surface area (Å²) in [5, 5.41) is 23.9. The summed E-state index contributed by atoms with van der Waals surface area (Å²) in [6, 6.07) is 7.66. The van der Waals surface area contributed by atoms with E-state index in [1.54, 1.807) is 10.8 Å². The smallest absolute Gasteiger partial charge is 0.280 e. The number of ether oxygens (including phenoxy) is 1. The molecule has 6 N–H and O–H groups in total. The van der Waals surface area contributed by atoms with E-state index in [0.29, 0.717) is 5.95 Å². The van der Waals surface area contributed by atoms with Gasteiger partial charge in [0.05, 0.1) is 23.7 Å². The molecule has 0 bridgehead atoms. The monoisotopic (exact) mass is 463 g/mol. The third kappa shape index (κ3) is 3.02. The fraction of sp³-hybridized carbons (Fsp3) is 0.286. The highest BCUT2D eigenvalue weighted by molar-refractivity contribution is 6.03. The largest absolute Gasteiger partial charge is 0.394 e. The van der Waals surface area contributed by atoms with Gasteiger partial charge < -0.3 is 25.3 Å². The molecule has 0 aliphatic carbocycles. The van der Waals surface area contributed by atoms with Crippen LogP contribution in [0.25, 0.3) is 33.1 Å². The molecule has 0 spiro atoms. The zero-order valence-corrected chi connectivity index (χ0v) is 18.0. The standard InChI is InChI=1S/C21H21N9O4/c1-29-11-5-4-10-9(3-2-6-23-10)15(11)24-20(29)28-21-25-16-17(26-19(22)27-18(16)33)30(21)14-7-12(32)13(8-31)34-14/h2-6,12-14,31-32H,7-8H2,1H3,(H,24,25,28)(H3,22,26,27,33)/t12-,13+,14+/m0/s1. The summed E-state index contributed by atoms with van der Waals surface area (Å²) in [7, 11) is 1.85. The van der Waals surface area contributed by atoms with E-state index in [4.69, 9.17) is 15.5 Å². The maximum absolute atomic E-state index is 12.5. The van der Waals surface area contributed by atoms with Crippen LogP contribution in [0.4, 0.5) is 17.8 Å². The first kappa shape index (κ1) is 20.5. The molecule has 34 heavy (non-hydrogen) atoms. The number of hydrogen-bond acceptors (Lipinski definition) is 10. The van der Waals surface area contributed by atoms with Crippen LogP contribution >= 0.6 is 0 Å². The first-order valence-electron chi connectivity index (χ1n) is 10.6. The minimum Gasteiger partial charge on any atom is -0.394 e. The third-order valence-corrected chi connectivity index (χ3v) is 6.10. The predicted molar refractivity (Wildman–Crippen MR) is 123 cm³/mol. The molecule has 1 aliphatic rings. The van der Waals surface area contributed by atoms with Crippen molar-refractivity contribution in [2.45, 2.75) is 24.9 Å². The van der Waals surface area contributed by atoms with Crippen LogP contribution < -0.4 is 16.6 Å². The number of aliphatic hydroxyl groups is 2. The number of H-pyrrole nitrogens is 1. The first-order valence-corrected chi connectivity index (χ1v) is 10.6. The number of fused-ring (bicyclic) bond motifs is 4. The molecule has 0 unspecified atom stereocenters. The lowest BCUT2D eigenvalue weighted by Crippen LogP contribution is -2.24. The highest BCUT2D eigenvalue weighted by Gasteiger charge is 2.37. The van der Waals surface area contributed by atoms with Crippen LogP contribution in [0.3, 0.4) is 0 Å². The van der Waals surface area contributed by atoms with Gasteiger partial charge in [-0.15, -0.1) is 0 Å². The van der Waals surface area contributed by atoms with E-state index in [1.807, 2.05) is 35.9 Å². The van der Waals surface area contributed by atoms with Crippen LogP contribution in [0.5, 0.6) is 0 Å². The van der Waals surface area contributed by atoms with E-state index < -0.39 is 24.0 Å². The van der Waals surface area contributed by atoms with E-state index in [-0.39, 0.29) is 36.1 Å². The van der Waals surface area contributed by atoms with Crippen molar-refractivity contribution >= 4 is 50.9 Å². The van der Waals surface area contributed by atoms with E-state index in [9.17, 15) is 15.0 Å². The molecule has 5 aromatic rings. The van der Waals surface area contributed by atoms with Crippen LogP contribution in [0.2, 0.25) is 0 Å². The van der Waals surface area contributed by atoms with Crippen LogP contribution in [-0.2, 0) is 11.8 Å². The number of nitrogens with two attached hydrogens (primary N) is 1. The van der Waals surface area contributed by atoms with Crippen molar-refractivity contribution in [3.05, 3.63) is 40.8 Å². The molecule has 1 saturated heterocycles. The second-order valence-electron chi connectivity index (χ2n) is 8.17. The third-order valence-electron chi connectivity index (χ3n) is 6.10. The van der Waals surface area contributed by atoms with Crippen LogP contribution in [0, 0.1) is 0 Å². The summed E-state index contributed by atoms with van der Waals surface area (Å²) in [6.45, 7) is -0.352. The van der Waals surface area contributed by atoms with Crippen LogP contribution in [0.1, 0.15) is 12.6 Å². The molecule has 0 radical (unpaired) electrons. The molecule has 1 aliphatic heterocycles. The number of nitrogens with zero attached hydrogens (tertiary/aromatic N) is 6. The number of imidazole rings is 2. The average molecular weight is 463 g/mol. The minimum atomic E-state index is -0.894. The van der Waals surface area contributed by atoms with Crippen molar-refractivity contribution in [2.24, 2.45) is 7.05 Å². The second kappa shape index (κ2) is 7.48. The van der Waals surface area contributed by atoms with Crippen molar-refractivity contribution in [3.63, 3.8) is 0 Å². The molecule has 0 amide bonds. The number of nitrogens with one attached hydrogen (secondary N) is 2. The number of pyridine rings is 1. The lowest BCUT2D eigenvalue weighted by Gasteiger charge is -2.17. The van der Waals surface area contributed by atoms with Gasteiger partial charge in [-0.05, 0) is 24.3 Å². The molecule has 5 heterocycles.